The summed E-state index contributed by atoms with van der Waals surface area (Å²) in [7, 11) is 3.54. The van der Waals surface area contributed by atoms with Gasteiger partial charge in [-0.3, -0.25) is 5.10 Å². The van der Waals surface area contributed by atoms with Crippen LogP contribution in [0.1, 0.15) is 11.1 Å². The van der Waals surface area contributed by atoms with Crippen LogP contribution in [0.15, 0.2) is 36.5 Å². The Labute approximate surface area is 151 Å². The molecule has 2 aromatic carbocycles. The van der Waals surface area contributed by atoms with Crippen LogP contribution in [-0.2, 0) is 7.05 Å². The van der Waals surface area contributed by atoms with E-state index >= 15 is 0 Å². The molecule has 0 aliphatic carbocycles. The maximum atomic E-state index is 5.40. The second-order valence-corrected chi connectivity index (χ2v) is 6.26. The highest BCUT2D eigenvalue weighted by atomic mass is 16.5. The molecule has 0 unspecified atom stereocenters. The first-order valence-electron chi connectivity index (χ1n) is 8.32. The van der Waals surface area contributed by atoms with Gasteiger partial charge < -0.3 is 10.1 Å². The standard InChI is InChI=1S/C19H20N6O/c1-11-5-6-13(9-17(11)26-4)18-22-19(25(3)24-18)21-15-7-8-16-14(12(15)2)10-20-23-16/h5-10H,1-4H3,(H,20,23)(H,21,22,24). The quantitative estimate of drug-likeness (QED) is 0.587. The number of anilines is 2. The number of rotatable bonds is 4. The zero-order valence-corrected chi connectivity index (χ0v) is 15.2. The number of aromatic amines is 1. The summed E-state index contributed by atoms with van der Waals surface area (Å²) in [4.78, 5) is 4.65. The Morgan fingerprint density at radius 2 is 2.00 bits per heavy atom. The largest absolute Gasteiger partial charge is 0.496 e. The third-order valence-corrected chi connectivity index (χ3v) is 4.57. The molecule has 0 bridgehead atoms. The number of aryl methyl sites for hydroxylation is 3. The SMILES string of the molecule is COc1cc(-c2nc(Nc3ccc4[nH]ncc4c3C)n(C)n2)ccc1C. The summed E-state index contributed by atoms with van der Waals surface area (Å²) in [5, 5.41) is 16.1. The van der Waals surface area contributed by atoms with Crippen molar-refractivity contribution < 1.29 is 4.74 Å². The van der Waals surface area contributed by atoms with Crippen molar-refractivity contribution in [1.29, 1.82) is 0 Å². The Kier molecular flexibility index (Phi) is 3.84. The van der Waals surface area contributed by atoms with Crippen LogP contribution in [0.2, 0.25) is 0 Å². The summed E-state index contributed by atoms with van der Waals surface area (Å²) in [6, 6.07) is 9.98. The summed E-state index contributed by atoms with van der Waals surface area (Å²) in [6.45, 7) is 4.07. The second-order valence-electron chi connectivity index (χ2n) is 6.26. The molecule has 0 spiro atoms. The van der Waals surface area contributed by atoms with Crippen LogP contribution in [0.5, 0.6) is 5.75 Å². The lowest BCUT2D eigenvalue weighted by atomic mass is 10.1. The molecular formula is C19H20N6O. The summed E-state index contributed by atoms with van der Waals surface area (Å²) >= 11 is 0. The minimum absolute atomic E-state index is 0.648. The molecule has 2 heterocycles. The number of hydrogen-bond acceptors (Lipinski definition) is 5. The third kappa shape index (κ3) is 2.67. The molecule has 7 heteroatoms. The van der Waals surface area contributed by atoms with Crippen molar-refractivity contribution >= 4 is 22.5 Å². The van der Waals surface area contributed by atoms with Gasteiger partial charge in [0.2, 0.25) is 5.95 Å². The zero-order chi connectivity index (χ0) is 18.3. The predicted octanol–water partition coefficient (Wildman–Crippen LogP) is 3.73. The van der Waals surface area contributed by atoms with E-state index in [1.807, 2.05) is 50.5 Å². The van der Waals surface area contributed by atoms with Crippen molar-refractivity contribution in [2.45, 2.75) is 13.8 Å². The van der Waals surface area contributed by atoms with Gasteiger partial charge in [0, 0.05) is 23.7 Å². The van der Waals surface area contributed by atoms with E-state index in [1.54, 1.807) is 11.8 Å². The van der Waals surface area contributed by atoms with E-state index in [9.17, 15) is 0 Å². The first-order chi connectivity index (χ1) is 12.6. The third-order valence-electron chi connectivity index (χ3n) is 4.57. The molecule has 0 atom stereocenters. The average Bonchev–Trinajstić information content (AvgIpc) is 3.25. The number of aromatic nitrogens is 5. The van der Waals surface area contributed by atoms with Crippen LogP contribution < -0.4 is 10.1 Å². The van der Waals surface area contributed by atoms with E-state index in [2.05, 4.69) is 32.5 Å². The molecule has 0 saturated heterocycles. The molecule has 0 aliphatic rings. The molecule has 132 valence electrons. The maximum absolute atomic E-state index is 5.40. The first-order valence-corrected chi connectivity index (χ1v) is 8.32. The van der Waals surface area contributed by atoms with E-state index in [1.165, 1.54) is 0 Å². The summed E-state index contributed by atoms with van der Waals surface area (Å²) < 4.78 is 7.14. The monoisotopic (exact) mass is 348 g/mol. The van der Waals surface area contributed by atoms with E-state index in [4.69, 9.17) is 4.74 Å². The molecule has 4 aromatic rings. The number of ether oxygens (including phenoxy) is 1. The number of H-pyrrole nitrogens is 1. The van der Waals surface area contributed by atoms with Crippen LogP contribution >= 0.6 is 0 Å². The molecule has 7 nitrogen and oxygen atoms in total. The van der Waals surface area contributed by atoms with Crippen molar-refractivity contribution in [3.63, 3.8) is 0 Å². The van der Waals surface area contributed by atoms with Gasteiger partial charge in [-0.05, 0) is 43.2 Å². The van der Waals surface area contributed by atoms with Crippen molar-refractivity contribution in [2.24, 2.45) is 7.05 Å². The maximum Gasteiger partial charge on any atom is 0.225 e. The lowest BCUT2D eigenvalue weighted by molar-refractivity contribution is 0.412. The van der Waals surface area contributed by atoms with Gasteiger partial charge in [-0.1, -0.05) is 12.1 Å². The normalized spacial score (nSPS) is 11.1. The summed E-state index contributed by atoms with van der Waals surface area (Å²) in [6.07, 6.45) is 1.83. The van der Waals surface area contributed by atoms with Crippen molar-refractivity contribution in [3.05, 3.63) is 47.7 Å². The smallest absolute Gasteiger partial charge is 0.225 e. The molecule has 0 aliphatic heterocycles. The lowest BCUT2D eigenvalue weighted by Crippen LogP contribution is -2.01. The summed E-state index contributed by atoms with van der Waals surface area (Å²) in [5.74, 6) is 2.14. The molecule has 0 fully saturated rings. The van der Waals surface area contributed by atoms with Gasteiger partial charge in [-0.15, -0.1) is 5.10 Å². The first kappa shape index (κ1) is 16.1. The van der Waals surface area contributed by atoms with Crippen molar-refractivity contribution in [2.75, 3.05) is 12.4 Å². The fourth-order valence-electron chi connectivity index (χ4n) is 2.99. The van der Waals surface area contributed by atoms with E-state index in [0.717, 1.165) is 39.0 Å². The van der Waals surface area contributed by atoms with Crippen molar-refractivity contribution in [1.82, 2.24) is 25.0 Å². The van der Waals surface area contributed by atoms with Gasteiger partial charge in [0.05, 0.1) is 18.8 Å². The van der Waals surface area contributed by atoms with Crippen LogP contribution in [-0.4, -0.2) is 32.1 Å². The van der Waals surface area contributed by atoms with Gasteiger partial charge in [0.25, 0.3) is 0 Å². The molecule has 2 N–H and O–H groups in total. The van der Waals surface area contributed by atoms with Crippen LogP contribution in [0.25, 0.3) is 22.3 Å². The topological polar surface area (TPSA) is 80.6 Å². The van der Waals surface area contributed by atoms with Gasteiger partial charge >= 0.3 is 0 Å². The number of methoxy groups -OCH3 is 1. The average molecular weight is 348 g/mol. The Hall–Kier alpha value is -3.35. The molecule has 2 aromatic heterocycles. The van der Waals surface area contributed by atoms with Gasteiger partial charge in [-0.2, -0.15) is 10.1 Å². The predicted molar refractivity (Wildman–Crippen MR) is 102 cm³/mol. The van der Waals surface area contributed by atoms with Crippen LogP contribution in [0.4, 0.5) is 11.6 Å². The highest BCUT2D eigenvalue weighted by Gasteiger charge is 2.13. The molecular weight excluding hydrogens is 328 g/mol. The highest BCUT2D eigenvalue weighted by Crippen LogP contribution is 2.28. The Morgan fingerprint density at radius 3 is 2.81 bits per heavy atom. The minimum atomic E-state index is 0.648. The highest BCUT2D eigenvalue weighted by molar-refractivity contribution is 5.87. The van der Waals surface area contributed by atoms with Gasteiger partial charge in [0.1, 0.15) is 5.75 Å². The number of hydrogen-bond donors (Lipinski definition) is 2. The fourth-order valence-corrected chi connectivity index (χ4v) is 2.99. The molecule has 0 saturated carbocycles. The number of nitrogens with zero attached hydrogens (tertiary/aromatic N) is 4. The molecule has 0 amide bonds. The van der Waals surface area contributed by atoms with Crippen LogP contribution in [0.3, 0.4) is 0 Å². The van der Waals surface area contributed by atoms with E-state index < -0.39 is 0 Å². The fraction of sp³-hybridized carbons (Fsp3) is 0.211. The van der Waals surface area contributed by atoms with E-state index in [0.29, 0.717) is 11.8 Å². The van der Waals surface area contributed by atoms with E-state index in [-0.39, 0.29) is 0 Å². The minimum Gasteiger partial charge on any atom is -0.496 e. The summed E-state index contributed by atoms with van der Waals surface area (Å²) in [5.41, 5.74) is 5.09. The van der Waals surface area contributed by atoms with Gasteiger partial charge in [0.15, 0.2) is 5.82 Å². The number of nitrogens with one attached hydrogen (secondary N) is 2. The zero-order valence-electron chi connectivity index (χ0n) is 15.2. The van der Waals surface area contributed by atoms with Crippen LogP contribution in [0, 0.1) is 13.8 Å². The molecule has 26 heavy (non-hydrogen) atoms. The van der Waals surface area contributed by atoms with Crippen molar-refractivity contribution in [3.8, 4) is 17.1 Å². The van der Waals surface area contributed by atoms with Gasteiger partial charge in [-0.25, -0.2) is 4.68 Å². The Bertz CT molecular complexity index is 1090. The Balaban J connectivity index is 1.69. The second kappa shape index (κ2) is 6.18. The lowest BCUT2D eigenvalue weighted by Gasteiger charge is -2.08. The molecule has 4 rings (SSSR count). The Morgan fingerprint density at radius 1 is 1.15 bits per heavy atom. The number of fused-ring (bicyclic) bond motifs is 1. The number of benzene rings is 2. The molecule has 0 radical (unpaired) electrons.